The van der Waals surface area contributed by atoms with Gasteiger partial charge in [-0.3, -0.25) is 4.98 Å². The zero-order valence-corrected chi connectivity index (χ0v) is 15.4. The minimum absolute atomic E-state index is 0.600. The van der Waals surface area contributed by atoms with E-state index in [1.54, 1.807) is 6.20 Å². The quantitative estimate of drug-likeness (QED) is 0.680. The van der Waals surface area contributed by atoms with E-state index >= 15 is 0 Å². The highest BCUT2D eigenvalue weighted by Crippen LogP contribution is 2.23. The summed E-state index contributed by atoms with van der Waals surface area (Å²) in [6.07, 6.45) is 3.56. The zero-order valence-electron chi connectivity index (χ0n) is 15.4. The summed E-state index contributed by atoms with van der Waals surface area (Å²) in [7, 11) is 4.08. The third-order valence-electron chi connectivity index (χ3n) is 3.85. The second kappa shape index (κ2) is 8.40. The van der Waals surface area contributed by atoms with Gasteiger partial charge >= 0.3 is 0 Å². The van der Waals surface area contributed by atoms with Crippen LogP contribution in [-0.2, 0) is 0 Å². The molecule has 26 heavy (non-hydrogen) atoms. The Balaban J connectivity index is 1.87. The zero-order chi connectivity index (χ0) is 18.4. The van der Waals surface area contributed by atoms with E-state index in [1.807, 2.05) is 50.6 Å². The minimum Gasteiger partial charge on any atom is -0.353 e. The number of hydrogen-bond donors (Lipinski definition) is 2. The first-order chi connectivity index (χ1) is 12.6. The molecule has 2 heterocycles. The van der Waals surface area contributed by atoms with Crippen LogP contribution >= 0.6 is 0 Å². The summed E-state index contributed by atoms with van der Waals surface area (Å²) < 4.78 is 0. The first kappa shape index (κ1) is 17.8. The van der Waals surface area contributed by atoms with E-state index in [1.165, 1.54) is 5.56 Å². The number of pyridine rings is 1. The molecule has 0 aliphatic heterocycles. The van der Waals surface area contributed by atoms with Crippen LogP contribution in [0.3, 0.4) is 0 Å². The first-order valence-electron chi connectivity index (χ1n) is 8.62. The molecule has 0 saturated carbocycles. The molecule has 2 N–H and O–H groups in total. The van der Waals surface area contributed by atoms with Crippen molar-refractivity contribution in [2.45, 2.75) is 6.92 Å². The number of rotatable bonds is 7. The molecule has 0 fully saturated rings. The lowest BCUT2D eigenvalue weighted by Gasteiger charge is -2.13. The fourth-order valence-corrected chi connectivity index (χ4v) is 2.43. The SMILES string of the molecule is Cc1ccc(Nc2cc(-c3cccnc3)nc(NCCN(C)C)n2)cc1. The Hall–Kier alpha value is -2.99. The Labute approximate surface area is 154 Å². The van der Waals surface area contributed by atoms with Gasteiger partial charge in [0.1, 0.15) is 5.82 Å². The molecule has 1 aromatic carbocycles. The summed E-state index contributed by atoms with van der Waals surface area (Å²) in [6, 6.07) is 14.1. The highest BCUT2D eigenvalue weighted by atomic mass is 15.2. The fraction of sp³-hybridized carbons (Fsp3) is 0.250. The molecule has 2 aromatic heterocycles. The van der Waals surface area contributed by atoms with Crippen molar-refractivity contribution in [1.29, 1.82) is 0 Å². The predicted octanol–water partition coefficient (Wildman–Crippen LogP) is 3.56. The second-order valence-corrected chi connectivity index (χ2v) is 6.42. The molecule has 0 aliphatic carbocycles. The van der Waals surface area contributed by atoms with Gasteiger partial charge in [-0.1, -0.05) is 17.7 Å². The largest absolute Gasteiger partial charge is 0.353 e. The number of nitrogens with one attached hydrogen (secondary N) is 2. The third kappa shape index (κ3) is 5.00. The monoisotopic (exact) mass is 348 g/mol. The van der Waals surface area contributed by atoms with Crippen LogP contribution in [0.4, 0.5) is 17.5 Å². The van der Waals surface area contributed by atoms with Gasteiger partial charge < -0.3 is 15.5 Å². The Kier molecular flexibility index (Phi) is 5.76. The summed E-state index contributed by atoms with van der Waals surface area (Å²) in [5.74, 6) is 1.35. The number of aryl methyl sites for hydroxylation is 1. The smallest absolute Gasteiger partial charge is 0.225 e. The maximum Gasteiger partial charge on any atom is 0.225 e. The Morgan fingerprint density at radius 2 is 1.85 bits per heavy atom. The van der Waals surface area contributed by atoms with E-state index in [0.717, 1.165) is 35.9 Å². The van der Waals surface area contributed by atoms with Gasteiger partial charge in [-0.15, -0.1) is 0 Å². The van der Waals surface area contributed by atoms with Crippen molar-refractivity contribution < 1.29 is 0 Å². The molecular formula is C20H24N6. The van der Waals surface area contributed by atoms with Crippen LogP contribution in [-0.4, -0.2) is 47.0 Å². The van der Waals surface area contributed by atoms with Gasteiger partial charge in [-0.2, -0.15) is 4.98 Å². The molecule has 0 unspecified atom stereocenters. The van der Waals surface area contributed by atoms with Crippen LogP contribution in [0.15, 0.2) is 54.9 Å². The molecule has 0 bridgehead atoms. The summed E-state index contributed by atoms with van der Waals surface area (Å²) in [4.78, 5) is 15.5. The highest BCUT2D eigenvalue weighted by molar-refractivity contribution is 5.66. The van der Waals surface area contributed by atoms with Crippen molar-refractivity contribution >= 4 is 17.5 Å². The van der Waals surface area contributed by atoms with Crippen molar-refractivity contribution in [3.05, 3.63) is 60.4 Å². The van der Waals surface area contributed by atoms with E-state index < -0.39 is 0 Å². The van der Waals surface area contributed by atoms with Crippen molar-refractivity contribution in [3.63, 3.8) is 0 Å². The van der Waals surface area contributed by atoms with Crippen molar-refractivity contribution in [3.8, 4) is 11.3 Å². The summed E-state index contributed by atoms with van der Waals surface area (Å²) in [5.41, 5.74) is 4.00. The molecule has 0 atom stereocenters. The van der Waals surface area contributed by atoms with Gasteiger partial charge in [-0.25, -0.2) is 4.98 Å². The van der Waals surface area contributed by atoms with Crippen molar-refractivity contribution in [2.75, 3.05) is 37.8 Å². The molecule has 6 heteroatoms. The van der Waals surface area contributed by atoms with E-state index in [0.29, 0.717) is 5.95 Å². The first-order valence-corrected chi connectivity index (χ1v) is 8.62. The van der Waals surface area contributed by atoms with Gasteiger partial charge in [0.15, 0.2) is 0 Å². The summed E-state index contributed by atoms with van der Waals surface area (Å²) in [5, 5.41) is 6.66. The fourth-order valence-electron chi connectivity index (χ4n) is 2.43. The van der Waals surface area contributed by atoms with Gasteiger partial charge in [0.2, 0.25) is 5.95 Å². The van der Waals surface area contributed by atoms with E-state index in [-0.39, 0.29) is 0 Å². The van der Waals surface area contributed by atoms with E-state index in [4.69, 9.17) is 0 Å². The molecule has 134 valence electrons. The summed E-state index contributed by atoms with van der Waals surface area (Å²) >= 11 is 0. The maximum absolute atomic E-state index is 4.64. The normalized spacial score (nSPS) is 10.8. The average molecular weight is 348 g/mol. The van der Waals surface area contributed by atoms with Gasteiger partial charge in [0.05, 0.1) is 5.69 Å². The number of hydrogen-bond acceptors (Lipinski definition) is 6. The number of benzene rings is 1. The highest BCUT2D eigenvalue weighted by Gasteiger charge is 2.07. The lowest BCUT2D eigenvalue weighted by atomic mass is 10.2. The molecule has 0 aliphatic rings. The molecule has 0 radical (unpaired) electrons. The van der Waals surface area contributed by atoms with Crippen LogP contribution in [0.25, 0.3) is 11.3 Å². The minimum atomic E-state index is 0.600. The van der Waals surface area contributed by atoms with Gasteiger partial charge in [0.25, 0.3) is 0 Å². The topological polar surface area (TPSA) is 66.0 Å². The maximum atomic E-state index is 4.64. The molecule has 0 amide bonds. The Morgan fingerprint density at radius 1 is 1.04 bits per heavy atom. The lowest BCUT2D eigenvalue weighted by Crippen LogP contribution is -2.21. The van der Waals surface area contributed by atoms with Crippen LogP contribution in [0.1, 0.15) is 5.56 Å². The molecule has 3 aromatic rings. The van der Waals surface area contributed by atoms with Crippen LogP contribution in [0.2, 0.25) is 0 Å². The average Bonchev–Trinajstić information content (AvgIpc) is 2.64. The van der Waals surface area contributed by atoms with Crippen molar-refractivity contribution in [2.24, 2.45) is 0 Å². The van der Waals surface area contributed by atoms with Gasteiger partial charge in [0, 0.05) is 42.8 Å². The van der Waals surface area contributed by atoms with E-state index in [2.05, 4.69) is 49.5 Å². The summed E-state index contributed by atoms with van der Waals surface area (Å²) in [6.45, 7) is 3.75. The molecule has 0 saturated heterocycles. The number of anilines is 3. The number of likely N-dealkylation sites (N-methyl/N-ethyl adjacent to an activating group) is 1. The number of nitrogens with zero attached hydrogens (tertiary/aromatic N) is 4. The molecule has 0 spiro atoms. The van der Waals surface area contributed by atoms with Gasteiger partial charge in [-0.05, 0) is 45.3 Å². The van der Waals surface area contributed by atoms with Crippen molar-refractivity contribution in [1.82, 2.24) is 19.9 Å². The Morgan fingerprint density at radius 3 is 2.54 bits per heavy atom. The Bertz CT molecular complexity index is 831. The second-order valence-electron chi connectivity index (χ2n) is 6.42. The number of aromatic nitrogens is 3. The molecular weight excluding hydrogens is 324 g/mol. The van der Waals surface area contributed by atoms with E-state index in [9.17, 15) is 0 Å². The molecule has 6 nitrogen and oxygen atoms in total. The third-order valence-corrected chi connectivity index (χ3v) is 3.85. The van der Waals surface area contributed by atoms with Crippen LogP contribution in [0.5, 0.6) is 0 Å². The van der Waals surface area contributed by atoms with Crippen LogP contribution < -0.4 is 10.6 Å². The lowest BCUT2D eigenvalue weighted by molar-refractivity contribution is 0.425. The van der Waals surface area contributed by atoms with Crippen LogP contribution in [0, 0.1) is 6.92 Å². The standard InChI is InChI=1S/C20H24N6/c1-15-6-8-17(9-7-15)23-19-13-18(16-5-4-10-21-14-16)24-20(25-19)22-11-12-26(2)3/h4-10,13-14H,11-12H2,1-3H3,(H2,22,23,24,25). The molecule has 3 rings (SSSR count). The predicted molar refractivity (Wildman–Crippen MR) is 107 cm³/mol.